The Hall–Kier alpha value is -2.11. The van der Waals surface area contributed by atoms with Gasteiger partial charge in [0.1, 0.15) is 10.9 Å². The first-order valence-electron chi connectivity index (χ1n) is 9.42. The molecule has 0 bridgehead atoms. The van der Waals surface area contributed by atoms with E-state index in [4.69, 9.17) is 9.72 Å². The molecule has 27 heavy (non-hydrogen) atoms. The highest BCUT2D eigenvalue weighted by molar-refractivity contribution is 7.15. The lowest BCUT2D eigenvalue weighted by Gasteiger charge is -2.19. The molecule has 5 heteroatoms. The fourth-order valence-corrected chi connectivity index (χ4v) is 4.74. The van der Waals surface area contributed by atoms with Crippen LogP contribution >= 0.6 is 11.3 Å². The Bertz CT molecular complexity index is 904. The Morgan fingerprint density at radius 1 is 1.11 bits per heavy atom. The van der Waals surface area contributed by atoms with Crippen molar-refractivity contribution in [3.63, 3.8) is 0 Å². The highest BCUT2D eigenvalue weighted by Gasteiger charge is 2.41. The molecule has 2 fully saturated rings. The van der Waals surface area contributed by atoms with E-state index in [9.17, 15) is 9.59 Å². The number of hydrogen-bond acceptors (Lipinski definition) is 5. The number of ether oxygens (including phenoxy) is 1. The number of aryl methyl sites for hydroxylation is 2. The highest BCUT2D eigenvalue weighted by Crippen LogP contribution is 2.38. The van der Waals surface area contributed by atoms with Gasteiger partial charge in [-0.25, -0.2) is 4.98 Å². The number of nitrogens with zero attached hydrogens (tertiary/aromatic N) is 1. The van der Waals surface area contributed by atoms with Gasteiger partial charge in [0.2, 0.25) is 0 Å². The third-order valence-corrected chi connectivity index (χ3v) is 6.41. The lowest BCUT2D eigenvalue weighted by Crippen LogP contribution is -2.16. The van der Waals surface area contributed by atoms with Crippen LogP contribution in [0.25, 0.3) is 10.6 Å². The van der Waals surface area contributed by atoms with Crippen molar-refractivity contribution >= 4 is 22.9 Å². The van der Waals surface area contributed by atoms with Crippen molar-refractivity contribution in [1.29, 1.82) is 0 Å². The largest absolute Gasteiger partial charge is 0.381 e. The van der Waals surface area contributed by atoms with Crippen LogP contribution in [0.1, 0.15) is 41.3 Å². The predicted molar refractivity (Wildman–Crippen MR) is 106 cm³/mol. The number of carbonyl (C=O) groups is 2. The second kappa shape index (κ2) is 7.49. The van der Waals surface area contributed by atoms with Gasteiger partial charge in [-0.1, -0.05) is 35.9 Å². The molecule has 2 aromatic rings. The van der Waals surface area contributed by atoms with Gasteiger partial charge in [-0.2, -0.15) is 0 Å². The number of thiazole rings is 1. The number of allylic oxidation sites excluding steroid dienone is 2. The van der Waals surface area contributed by atoms with Crippen molar-refractivity contribution in [2.75, 3.05) is 13.2 Å². The molecule has 0 amide bonds. The molecule has 1 unspecified atom stereocenters. The van der Waals surface area contributed by atoms with E-state index >= 15 is 0 Å². The van der Waals surface area contributed by atoms with Gasteiger partial charge >= 0.3 is 0 Å². The topological polar surface area (TPSA) is 56.3 Å². The number of ketones is 2. The third kappa shape index (κ3) is 3.66. The molecule has 1 aliphatic carbocycles. The summed E-state index contributed by atoms with van der Waals surface area (Å²) in [6, 6.07) is 8.16. The van der Waals surface area contributed by atoms with E-state index in [-0.39, 0.29) is 18.0 Å². The molecule has 2 heterocycles. The Morgan fingerprint density at radius 3 is 2.52 bits per heavy atom. The van der Waals surface area contributed by atoms with Gasteiger partial charge in [-0.05, 0) is 38.2 Å². The summed E-state index contributed by atoms with van der Waals surface area (Å²) in [6.45, 7) is 5.45. The molecule has 1 aliphatic heterocycles. The standard InChI is InChI=1S/C22H23NO3S/c1-13-3-5-16(6-4-13)22-23-20(14(2)27-22)19-18(24)12-17(21(19)25)11-15-7-9-26-10-8-15/h3-6,11,15,19H,7-10,12H2,1-2H3/b17-11+. The van der Waals surface area contributed by atoms with Crippen LogP contribution < -0.4 is 0 Å². The SMILES string of the molecule is Cc1ccc(-c2nc(C3C(=O)C/C(=C\C4CCOCC4)C3=O)c(C)s2)cc1. The molecular weight excluding hydrogens is 358 g/mol. The average molecular weight is 381 g/mol. The summed E-state index contributed by atoms with van der Waals surface area (Å²) in [7, 11) is 0. The molecule has 0 N–H and O–H groups in total. The molecule has 2 aliphatic rings. The zero-order valence-electron chi connectivity index (χ0n) is 15.7. The summed E-state index contributed by atoms with van der Waals surface area (Å²) in [4.78, 5) is 31.3. The predicted octanol–water partition coefficient (Wildman–Crippen LogP) is 4.41. The number of rotatable bonds is 3. The van der Waals surface area contributed by atoms with Crippen LogP contribution in [0.4, 0.5) is 0 Å². The van der Waals surface area contributed by atoms with Crippen LogP contribution in [-0.4, -0.2) is 29.8 Å². The molecule has 4 nitrogen and oxygen atoms in total. The fourth-order valence-electron chi connectivity index (χ4n) is 3.79. The van der Waals surface area contributed by atoms with E-state index in [1.807, 2.05) is 44.2 Å². The van der Waals surface area contributed by atoms with E-state index in [2.05, 4.69) is 0 Å². The monoisotopic (exact) mass is 381 g/mol. The summed E-state index contributed by atoms with van der Waals surface area (Å²) in [5, 5.41) is 0.866. The van der Waals surface area contributed by atoms with Crippen molar-refractivity contribution in [1.82, 2.24) is 4.98 Å². The molecule has 1 atom stereocenters. The van der Waals surface area contributed by atoms with Crippen molar-refractivity contribution in [3.8, 4) is 10.6 Å². The molecule has 1 aromatic heterocycles. The third-order valence-electron chi connectivity index (χ3n) is 5.37. The lowest BCUT2D eigenvalue weighted by atomic mass is 9.95. The number of hydrogen-bond donors (Lipinski definition) is 0. The normalized spacial score (nSPS) is 22.7. The zero-order chi connectivity index (χ0) is 19.0. The van der Waals surface area contributed by atoms with Crippen LogP contribution in [-0.2, 0) is 14.3 Å². The van der Waals surface area contributed by atoms with Crippen LogP contribution in [0.3, 0.4) is 0 Å². The van der Waals surface area contributed by atoms with Crippen molar-refractivity contribution < 1.29 is 14.3 Å². The molecule has 0 radical (unpaired) electrons. The Morgan fingerprint density at radius 2 is 1.81 bits per heavy atom. The molecular formula is C22H23NO3S. The summed E-state index contributed by atoms with van der Waals surface area (Å²) in [6.07, 6.45) is 4.09. The van der Waals surface area contributed by atoms with Crippen LogP contribution in [0, 0.1) is 19.8 Å². The van der Waals surface area contributed by atoms with E-state index in [0.29, 0.717) is 17.2 Å². The maximum atomic E-state index is 13.0. The molecule has 4 rings (SSSR count). The minimum absolute atomic E-state index is 0.0258. The van der Waals surface area contributed by atoms with Gasteiger partial charge in [0, 0.05) is 30.1 Å². The van der Waals surface area contributed by atoms with Gasteiger partial charge in [0.05, 0.1) is 5.69 Å². The Balaban J connectivity index is 1.61. The lowest BCUT2D eigenvalue weighted by molar-refractivity contribution is -0.123. The first kappa shape index (κ1) is 18.3. The van der Waals surface area contributed by atoms with E-state index in [0.717, 1.165) is 41.5 Å². The van der Waals surface area contributed by atoms with Gasteiger partial charge in [0.15, 0.2) is 11.6 Å². The first-order chi connectivity index (χ1) is 13.0. The average Bonchev–Trinajstić information content (AvgIpc) is 3.16. The Kier molecular flexibility index (Phi) is 5.06. The first-order valence-corrected chi connectivity index (χ1v) is 10.2. The number of Topliss-reactive ketones (excluding diaryl/α,β-unsaturated/α-hetero) is 2. The van der Waals surface area contributed by atoms with Gasteiger partial charge < -0.3 is 4.74 Å². The van der Waals surface area contributed by atoms with E-state index in [1.54, 1.807) is 11.3 Å². The fraction of sp³-hybridized carbons (Fsp3) is 0.409. The second-order valence-electron chi connectivity index (χ2n) is 7.41. The summed E-state index contributed by atoms with van der Waals surface area (Å²) < 4.78 is 5.38. The van der Waals surface area contributed by atoms with Crippen molar-refractivity contribution in [2.45, 2.75) is 39.0 Å². The summed E-state index contributed by atoms with van der Waals surface area (Å²) in [5.74, 6) is -0.479. The number of carbonyl (C=O) groups excluding carboxylic acids is 2. The smallest absolute Gasteiger partial charge is 0.175 e. The van der Waals surface area contributed by atoms with Gasteiger partial charge in [0.25, 0.3) is 0 Å². The van der Waals surface area contributed by atoms with Gasteiger partial charge in [-0.15, -0.1) is 11.3 Å². The summed E-state index contributed by atoms with van der Waals surface area (Å²) in [5.41, 5.74) is 3.52. The molecule has 140 valence electrons. The minimum atomic E-state index is -0.730. The maximum Gasteiger partial charge on any atom is 0.175 e. The quantitative estimate of drug-likeness (QED) is 0.584. The van der Waals surface area contributed by atoms with E-state index < -0.39 is 5.92 Å². The maximum absolute atomic E-state index is 13.0. The molecule has 1 aromatic carbocycles. The van der Waals surface area contributed by atoms with Crippen LogP contribution in [0.5, 0.6) is 0 Å². The minimum Gasteiger partial charge on any atom is -0.381 e. The second-order valence-corrected chi connectivity index (χ2v) is 8.61. The molecule has 0 spiro atoms. The van der Waals surface area contributed by atoms with Crippen molar-refractivity contribution in [2.24, 2.45) is 5.92 Å². The summed E-state index contributed by atoms with van der Waals surface area (Å²) >= 11 is 1.55. The van der Waals surface area contributed by atoms with Crippen LogP contribution in [0.2, 0.25) is 0 Å². The Labute approximate surface area is 163 Å². The van der Waals surface area contributed by atoms with Crippen LogP contribution in [0.15, 0.2) is 35.9 Å². The van der Waals surface area contributed by atoms with E-state index in [1.165, 1.54) is 5.56 Å². The molecule has 1 saturated heterocycles. The van der Waals surface area contributed by atoms with Gasteiger partial charge in [-0.3, -0.25) is 9.59 Å². The zero-order valence-corrected chi connectivity index (χ0v) is 16.5. The molecule has 1 saturated carbocycles. The number of benzene rings is 1. The number of aromatic nitrogens is 1. The highest BCUT2D eigenvalue weighted by atomic mass is 32.1. The van der Waals surface area contributed by atoms with Crippen molar-refractivity contribution in [3.05, 3.63) is 52.0 Å².